The van der Waals surface area contributed by atoms with Crippen LogP contribution in [0.25, 0.3) is 22.5 Å². The van der Waals surface area contributed by atoms with Crippen molar-refractivity contribution in [1.82, 2.24) is 20.3 Å². The van der Waals surface area contributed by atoms with E-state index in [1.54, 1.807) is 31.5 Å². The van der Waals surface area contributed by atoms with Crippen LogP contribution in [0.5, 0.6) is 0 Å². The van der Waals surface area contributed by atoms with Gasteiger partial charge in [0.1, 0.15) is 17.0 Å². The summed E-state index contributed by atoms with van der Waals surface area (Å²) in [4.78, 5) is 37.9. The Kier molecular flexibility index (Phi) is 6.44. The molecule has 0 saturated heterocycles. The highest BCUT2D eigenvalue weighted by molar-refractivity contribution is 6.04. The number of para-hydroxylation sites is 1. The molecular weight excluding hydrogens is 418 g/mol. The van der Waals surface area contributed by atoms with Crippen LogP contribution >= 0.6 is 0 Å². The topological polar surface area (TPSA) is 110 Å². The predicted molar refractivity (Wildman–Crippen MR) is 125 cm³/mol. The molecule has 4 aromatic rings. The number of carbonyl (C=O) groups excluding carboxylic acids is 2. The van der Waals surface area contributed by atoms with E-state index >= 15 is 0 Å². The molecular formula is C25H25N5O3. The van der Waals surface area contributed by atoms with Crippen LogP contribution in [0, 0.1) is 12.8 Å². The zero-order chi connectivity index (χ0) is 23.4. The molecule has 0 saturated carbocycles. The molecule has 8 heteroatoms. The molecule has 0 aliphatic carbocycles. The lowest BCUT2D eigenvalue weighted by atomic mass is 10.1. The summed E-state index contributed by atoms with van der Waals surface area (Å²) in [6, 6.07) is 12.6. The lowest BCUT2D eigenvalue weighted by molar-refractivity contribution is -0.116. The van der Waals surface area contributed by atoms with Gasteiger partial charge in [0.15, 0.2) is 0 Å². The van der Waals surface area contributed by atoms with E-state index in [-0.39, 0.29) is 24.3 Å². The molecule has 0 bridgehead atoms. The fourth-order valence-electron chi connectivity index (χ4n) is 3.46. The van der Waals surface area contributed by atoms with E-state index in [0.717, 1.165) is 5.56 Å². The van der Waals surface area contributed by atoms with Crippen molar-refractivity contribution in [3.63, 3.8) is 0 Å². The smallest absolute Gasteiger partial charge is 0.253 e. The number of carbonyl (C=O) groups is 2. The minimum Gasteiger partial charge on any atom is -0.441 e. The average Bonchev–Trinajstić information content (AvgIpc) is 3.17. The number of aryl methyl sites for hydroxylation is 1. The molecule has 0 atom stereocenters. The Bertz CT molecular complexity index is 1310. The van der Waals surface area contributed by atoms with E-state index in [0.29, 0.717) is 46.0 Å². The number of nitrogens with one attached hydrogen (secondary N) is 2. The Morgan fingerprint density at radius 2 is 1.85 bits per heavy atom. The first-order valence-electron chi connectivity index (χ1n) is 10.7. The van der Waals surface area contributed by atoms with Crippen molar-refractivity contribution < 1.29 is 14.0 Å². The maximum atomic E-state index is 12.8. The lowest BCUT2D eigenvalue weighted by Crippen LogP contribution is -2.23. The summed E-state index contributed by atoms with van der Waals surface area (Å²) >= 11 is 0. The highest BCUT2D eigenvalue weighted by Gasteiger charge is 2.16. The van der Waals surface area contributed by atoms with Gasteiger partial charge in [-0.3, -0.25) is 19.6 Å². The summed E-state index contributed by atoms with van der Waals surface area (Å²) in [5.41, 5.74) is 3.70. The number of aromatic nitrogens is 3. The number of hydrogen-bond acceptors (Lipinski definition) is 6. The molecule has 2 N–H and O–H groups in total. The summed E-state index contributed by atoms with van der Waals surface area (Å²) in [5.74, 6) is 1.01. The van der Waals surface area contributed by atoms with Crippen molar-refractivity contribution in [2.45, 2.75) is 33.7 Å². The van der Waals surface area contributed by atoms with E-state index in [9.17, 15) is 9.59 Å². The van der Waals surface area contributed by atoms with Crippen molar-refractivity contribution in [3.05, 3.63) is 71.9 Å². The normalized spacial score (nSPS) is 11.0. The van der Waals surface area contributed by atoms with E-state index in [1.165, 1.54) is 0 Å². The third-order valence-electron chi connectivity index (χ3n) is 5.04. The third-order valence-corrected chi connectivity index (χ3v) is 5.04. The summed E-state index contributed by atoms with van der Waals surface area (Å²) in [7, 11) is 0. The number of benzene rings is 2. The Balaban J connectivity index is 1.47. The summed E-state index contributed by atoms with van der Waals surface area (Å²) in [6.07, 6.45) is 3.61. The Labute approximate surface area is 191 Å². The second-order valence-corrected chi connectivity index (χ2v) is 8.16. The van der Waals surface area contributed by atoms with E-state index in [2.05, 4.69) is 25.6 Å². The van der Waals surface area contributed by atoms with Gasteiger partial charge in [0.05, 0.1) is 17.6 Å². The SMILES string of the molecule is Cc1oc(-c2cccc(NC(=O)CC(C)C)c2)nc1CNC(=O)c1cccc2nccnc12. The maximum absolute atomic E-state index is 12.8. The Morgan fingerprint density at radius 1 is 1.06 bits per heavy atom. The Hall–Kier alpha value is -4.07. The molecule has 0 radical (unpaired) electrons. The van der Waals surface area contributed by atoms with E-state index < -0.39 is 0 Å². The van der Waals surface area contributed by atoms with Crippen LogP contribution in [0.1, 0.15) is 42.1 Å². The second kappa shape index (κ2) is 9.60. The minimum absolute atomic E-state index is 0.0349. The highest BCUT2D eigenvalue weighted by Crippen LogP contribution is 2.25. The fraction of sp³-hybridized carbons (Fsp3) is 0.240. The zero-order valence-corrected chi connectivity index (χ0v) is 18.8. The van der Waals surface area contributed by atoms with Gasteiger partial charge in [-0.05, 0) is 43.2 Å². The first-order chi connectivity index (χ1) is 15.9. The summed E-state index contributed by atoms with van der Waals surface area (Å²) < 4.78 is 5.84. The van der Waals surface area contributed by atoms with E-state index in [1.807, 2.05) is 44.2 Å². The van der Waals surface area contributed by atoms with Crippen LogP contribution in [-0.4, -0.2) is 26.8 Å². The molecule has 2 aromatic carbocycles. The number of rotatable bonds is 7. The van der Waals surface area contributed by atoms with Crippen LogP contribution in [0.15, 0.2) is 59.3 Å². The number of amides is 2. The van der Waals surface area contributed by atoms with Crippen LogP contribution in [0.2, 0.25) is 0 Å². The standard InChI is InChI=1S/C25H25N5O3/c1-15(2)12-22(31)29-18-7-4-6-17(13-18)25-30-21(16(3)33-25)14-28-24(32)19-8-5-9-20-23(19)27-11-10-26-20/h4-11,13,15H,12,14H2,1-3H3,(H,28,32)(H,29,31). The number of fused-ring (bicyclic) bond motifs is 1. The van der Waals surface area contributed by atoms with Gasteiger partial charge in [-0.25, -0.2) is 4.98 Å². The quantitative estimate of drug-likeness (QED) is 0.435. The van der Waals surface area contributed by atoms with Crippen molar-refractivity contribution >= 4 is 28.5 Å². The van der Waals surface area contributed by atoms with Gasteiger partial charge < -0.3 is 15.1 Å². The predicted octanol–water partition coefficient (Wildman–Crippen LogP) is 4.51. The molecule has 8 nitrogen and oxygen atoms in total. The molecule has 0 unspecified atom stereocenters. The fourth-order valence-corrected chi connectivity index (χ4v) is 3.46. The van der Waals surface area contributed by atoms with Gasteiger partial charge >= 0.3 is 0 Å². The van der Waals surface area contributed by atoms with Gasteiger partial charge in [-0.15, -0.1) is 0 Å². The van der Waals surface area contributed by atoms with Crippen LogP contribution in [0.4, 0.5) is 5.69 Å². The van der Waals surface area contributed by atoms with E-state index in [4.69, 9.17) is 4.42 Å². The van der Waals surface area contributed by atoms with Crippen LogP contribution < -0.4 is 10.6 Å². The molecule has 0 aliphatic heterocycles. The third kappa shape index (κ3) is 5.23. The van der Waals surface area contributed by atoms with Gasteiger partial charge in [0.2, 0.25) is 11.8 Å². The maximum Gasteiger partial charge on any atom is 0.253 e. The van der Waals surface area contributed by atoms with Gasteiger partial charge in [-0.2, -0.15) is 0 Å². The highest BCUT2D eigenvalue weighted by atomic mass is 16.4. The van der Waals surface area contributed by atoms with Crippen LogP contribution in [0.3, 0.4) is 0 Å². The van der Waals surface area contributed by atoms with Gasteiger partial charge in [0, 0.05) is 30.1 Å². The molecule has 0 aliphatic rings. The molecule has 4 rings (SSSR count). The molecule has 33 heavy (non-hydrogen) atoms. The molecule has 0 fully saturated rings. The molecule has 2 heterocycles. The summed E-state index contributed by atoms with van der Waals surface area (Å²) in [5, 5.41) is 5.78. The number of oxazole rings is 1. The number of hydrogen-bond donors (Lipinski definition) is 2. The van der Waals surface area contributed by atoms with Crippen molar-refractivity contribution in [3.8, 4) is 11.5 Å². The first kappa shape index (κ1) is 22.1. The van der Waals surface area contributed by atoms with Crippen molar-refractivity contribution in [2.75, 3.05) is 5.32 Å². The monoisotopic (exact) mass is 443 g/mol. The lowest BCUT2D eigenvalue weighted by Gasteiger charge is -2.07. The average molecular weight is 444 g/mol. The van der Waals surface area contributed by atoms with Crippen molar-refractivity contribution in [1.29, 1.82) is 0 Å². The Morgan fingerprint density at radius 3 is 2.67 bits per heavy atom. The second-order valence-electron chi connectivity index (χ2n) is 8.16. The van der Waals surface area contributed by atoms with Crippen LogP contribution in [-0.2, 0) is 11.3 Å². The molecule has 0 spiro atoms. The zero-order valence-electron chi connectivity index (χ0n) is 18.8. The minimum atomic E-state index is -0.264. The number of nitrogens with zero attached hydrogens (tertiary/aromatic N) is 3. The van der Waals surface area contributed by atoms with Gasteiger partial charge in [-0.1, -0.05) is 26.0 Å². The largest absolute Gasteiger partial charge is 0.441 e. The molecule has 2 aromatic heterocycles. The summed E-state index contributed by atoms with van der Waals surface area (Å²) in [6.45, 7) is 6.00. The molecule has 168 valence electrons. The van der Waals surface area contributed by atoms with Crippen molar-refractivity contribution in [2.24, 2.45) is 5.92 Å². The number of anilines is 1. The molecule has 2 amide bonds. The van der Waals surface area contributed by atoms with Gasteiger partial charge in [0.25, 0.3) is 5.91 Å². The first-order valence-corrected chi connectivity index (χ1v) is 10.7.